The van der Waals surface area contributed by atoms with Crippen LogP contribution in [0, 0.1) is 11.8 Å². The Bertz CT molecular complexity index is 678. The lowest BCUT2D eigenvalue weighted by atomic mass is 9.94. The molecule has 3 unspecified atom stereocenters. The van der Waals surface area contributed by atoms with E-state index < -0.39 is 9.84 Å². The first-order valence-corrected chi connectivity index (χ1v) is 9.86. The second kappa shape index (κ2) is 6.76. The molecule has 3 atom stereocenters. The van der Waals surface area contributed by atoms with Gasteiger partial charge in [0.1, 0.15) is 0 Å². The van der Waals surface area contributed by atoms with E-state index in [9.17, 15) is 13.2 Å². The first-order valence-electron chi connectivity index (χ1n) is 7.66. The van der Waals surface area contributed by atoms with Gasteiger partial charge in [0.2, 0.25) is 5.91 Å². The summed E-state index contributed by atoms with van der Waals surface area (Å²) in [6, 6.07) is 7.28. The van der Waals surface area contributed by atoms with Crippen molar-refractivity contribution in [1.82, 2.24) is 16.2 Å². The van der Waals surface area contributed by atoms with E-state index in [2.05, 4.69) is 16.2 Å². The summed E-state index contributed by atoms with van der Waals surface area (Å²) < 4.78 is 22.9. The predicted octanol–water partition coefficient (Wildman–Crippen LogP) is 0.656. The maximum atomic E-state index is 12.4. The van der Waals surface area contributed by atoms with Crippen LogP contribution in [0.15, 0.2) is 24.3 Å². The summed E-state index contributed by atoms with van der Waals surface area (Å²) in [5.74, 6) is 0.129. The summed E-state index contributed by atoms with van der Waals surface area (Å²) in [5, 5.41) is 3.56. The zero-order valence-electron chi connectivity index (χ0n) is 12.6. The van der Waals surface area contributed by atoms with E-state index in [4.69, 9.17) is 11.6 Å². The van der Waals surface area contributed by atoms with Crippen molar-refractivity contribution in [2.75, 3.05) is 24.6 Å². The molecular formula is C15H20ClN3O3S. The van der Waals surface area contributed by atoms with Crippen LogP contribution in [0.4, 0.5) is 0 Å². The van der Waals surface area contributed by atoms with Crippen molar-refractivity contribution < 1.29 is 13.2 Å². The van der Waals surface area contributed by atoms with Crippen molar-refractivity contribution >= 4 is 27.3 Å². The van der Waals surface area contributed by atoms with E-state index in [0.717, 1.165) is 5.56 Å². The van der Waals surface area contributed by atoms with Crippen molar-refractivity contribution in [3.8, 4) is 0 Å². The minimum Gasteiger partial charge on any atom is -0.355 e. The minimum atomic E-state index is -2.91. The quantitative estimate of drug-likeness (QED) is 0.736. The molecule has 1 aromatic rings. The Morgan fingerprint density at radius 1 is 1.30 bits per heavy atom. The van der Waals surface area contributed by atoms with Gasteiger partial charge in [-0.1, -0.05) is 23.7 Å². The van der Waals surface area contributed by atoms with Crippen LogP contribution < -0.4 is 16.2 Å². The van der Waals surface area contributed by atoms with E-state index in [1.165, 1.54) is 0 Å². The van der Waals surface area contributed by atoms with Gasteiger partial charge in [-0.05, 0) is 30.0 Å². The van der Waals surface area contributed by atoms with E-state index >= 15 is 0 Å². The van der Waals surface area contributed by atoms with Gasteiger partial charge in [-0.15, -0.1) is 0 Å². The molecule has 0 radical (unpaired) electrons. The molecule has 1 amide bonds. The molecule has 0 aliphatic carbocycles. The summed E-state index contributed by atoms with van der Waals surface area (Å²) in [4.78, 5) is 12.4. The first kappa shape index (κ1) is 16.7. The highest BCUT2D eigenvalue weighted by molar-refractivity contribution is 7.91. The largest absolute Gasteiger partial charge is 0.355 e. The predicted molar refractivity (Wildman–Crippen MR) is 88.6 cm³/mol. The Hall–Kier alpha value is -1.15. The number of amides is 1. The number of hydrazine groups is 1. The lowest BCUT2D eigenvalue weighted by Gasteiger charge is -2.19. The molecule has 0 spiro atoms. The van der Waals surface area contributed by atoms with Crippen LogP contribution in [-0.4, -0.2) is 38.9 Å². The molecular weight excluding hydrogens is 338 g/mol. The van der Waals surface area contributed by atoms with Gasteiger partial charge in [0, 0.05) is 18.1 Å². The standard InChI is InChI=1S/C15H20ClN3O3S/c16-12-3-1-11(2-4-12)14-13(8-18-19-14)15(20)17-7-10-5-6-23(21,22)9-10/h1-4,10,13-14,18-19H,5-9H2,(H,17,20). The Morgan fingerprint density at radius 3 is 2.70 bits per heavy atom. The van der Waals surface area contributed by atoms with Crippen LogP contribution in [0.1, 0.15) is 18.0 Å². The fraction of sp³-hybridized carbons (Fsp3) is 0.533. The van der Waals surface area contributed by atoms with Gasteiger partial charge in [-0.25, -0.2) is 13.8 Å². The average Bonchev–Trinajstić information content (AvgIpc) is 3.12. The van der Waals surface area contributed by atoms with Crippen LogP contribution in [0.3, 0.4) is 0 Å². The molecule has 2 heterocycles. The van der Waals surface area contributed by atoms with Crippen LogP contribution in [-0.2, 0) is 14.6 Å². The second-order valence-corrected chi connectivity index (χ2v) is 8.84. The van der Waals surface area contributed by atoms with Gasteiger partial charge >= 0.3 is 0 Å². The number of carbonyl (C=O) groups excluding carboxylic acids is 1. The lowest BCUT2D eigenvalue weighted by molar-refractivity contribution is -0.125. The van der Waals surface area contributed by atoms with E-state index in [1.54, 1.807) is 12.1 Å². The van der Waals surface area contributed by atoms with Crippen molar-refractivity contribution in [3.63, 3.8) is 0 Å². The fourth-order valence-electron chi connectivity index (χ4n) is 3.14. The van der Waals surface area contributed by atoms with Crippen molar-refractivity contribution in [2.24, 2.45) is 11.8 Å². The lowest BCUT2D eigenvalue weighted by Crippen LogP contribution is -2.37. The number of carbonyl (C=O) groups is 1. The second-order valence-electron chi connectivity index (χ2n) is 6.18. The first-order chi connectivity index (χ1) is 10.9. The minimum absolute atomic E-state index is 0.0280. The highest BCUT2D eigenvalue weighted by Crippen LogP contribution is 2.26. The monoisotopic (exact) mass is 357 g/mol. The van der Waals surface area contributed by atoms with Crippen LogP contribution in [0.5, 0.6) is 0 Å². The molecule has 2 saturated heterocycles. The molecule has 2 aliphatic heterocycles. The van der Waals surface area contributed by atoms with Gasteiger partial charge < -0.3 is 5.32 Å². The Kier molecular flexibility index (Phi) is 4.91. The zero-order chi connectivity index (χ0) is 16.4. The molecule has 0 saturated carbocycles. The third kappa shape index (κ3) is 4.03. The smallest absolute Gasteiger partial charge is 0.226 e. The van der Waals surface area contributed by atoms with Crippen LogP contribution >= 0.6 is 11.6 Å². The normalized spacial score (nSPS) is 29.5. The van der Waals surface area contributed by atoms with E-state index in [1.807, 2.05) is 12.1 Å². The molecule has 2 aliphatic rings. The number of halogens is 1. The fourth-order valence-corrected chi connectivity index (χ4v) is 5.12. The Balaban J connectivity index is 1.59. The number of rotatable bonds is 4. The molecule has 0 bridgehead atoms. The summed E-state index contributed by atoms with van der Waals surface area (Å²) >= 11 is 5.90. The molecule has 3 rings (SSSR count). The highest BCUT2D eigenvalue weighted by atomic mass is 35.5. The van der Waals surface area contributed by atoms with E-state index in [0.29, 0.717) is 24.5 Å². The number of benzene rings is 1. The van der Waals surface area contributed by atoms with E-state index in [-0.39, 0.29) is 35.3 Å². The van der Waals surface area contributed by atoms with Crippen molar-refractivity contribution in [2.45, 2.75) is 12.5 Å². The number of sulfone groups is 1. The molecule has 1 aromatic carbocycles. The molecule has 2 fully saturated rings. The number of hydrogen-bond acceptors (Lipinski definition) is 5. The zero-order valence-corrected chi connectivity index (χ0v) is 14.2. The Morgan fingerprint density at radius 2 is 2.04 bits per heavy atom. The van der Waals surface area contributed by atoms with Gasteiger partial charge in [-0.2, -0.15) is 0 Å². The van der Waals surface area contributed by atoms with Crippen LogP contribution in [0.25, 0.3) is 0 Å². The van der Waals surface area contributed by atoms with Crippen molar-refractivity contribution in [1.29, 1.82) is 0 Å². The summed E-state index contributed by atoms with van der Waals surface area (Å²) in [7, 11) is -2.91. The molecule has 0 aromatic heterocycles. The molecule has 126 valence electrons. The molecule has 23 heavy (non-hydrogen) atoms. The maximum absolute atomic E-state index is 12.4. The topological polar surface area (TPSA) is 87.3 Å². The number of nitrogens with one attached hydrogen (secondary N) is 3. The average molecular weight is 358 g/mol. The molecule has 8 heteroatoms. The third-order valence-electron chi connectivity index (χ3n) is 4.44. The SMILES string of the molecule is O=C(NCC1CCS(=O)(=O)C1)C1CNNC1c1ccc(Cl)cc1. The Labute approximate surface area is 140 Å². The van der Waals surface area contributed by atoms with Crippen LogP contribution in [0.2, 0.25) is 5.02 Å². The molecule has 6 nitrogen and oxygen atoms in total. The highest BCUT2D eigenvalue weighted by Gasteiger charge is 2.35. The maximum Gasteiger partial charge on any atom is 0.226 e. The van der Waals surface area contributed by atoms with Gasteiger partial charge in [0.25, 0.3) is 0 Å². The summed E-state index contributed by atoms with van der Waals surface area (Å²) in [6.07, 6.45) is 0.629. The summed E-state index contributed by atoms with van der Waals surface area (Å²) in [6.45, 7) is 0.948. The third-order valence-corrected chi connectivity index (χ3v) is 6.53. The van der Waals surface area contributed by atoms with Gasteiger partial charge in [-0.3, -0.25) is 10.2 Å². The number of hydrogen-bond donors (Lipinski definition) is 3. The van der Waals surface area contributed by atoms with Gasteiger partial charge in [0.05, 0.1) is 23.5 Å². The van der Waals surface area contributed by atoms with Crippen molar-refractivity contribution in [3.05, 3.63) is 34.9 Å². The summed E-state index contributed by atoms with van der Waals surface area (Å²) in [5.41, 5.74) is 7.12. The molecule has 3 N–H and O–H groups in total. The van der Waals surface area contributed by atoms with Gasteiger partial charge in [0.15, 0.2) is 9.84 Å².